The number of hydrogen-bond acceptors (Lipinski definition) is 4. The molecule has 36 heavy (non-hydrogen) atoms. The van der Waals surface area contributed by atoms with Crippen molar-refractivity contribution in [1.82, 2.24) is 9.88 Å². The molecule has 0 saturated carbocycles. The summed E-state index contributed by atoms with van der Waals surface area (Å²) in [5.41, 5.74) is 5.38. The lowest BCUT2D eigenvalue weighted by Crippen LogP contribution is -2.25. The van der Waals surface area contributed by atoms with Crippen molar-refractivity contribution in [3.8, 4) is 40.5 Å². The predicted molar refractivity (Wildman–Crippen MR) is 152 cm³/mol. The monoisotopic (exact) mass is 504 g/mol. The first-order valence-electron chi connectivity index (χ1n) is 12.5. The Bertz CT molecular complexity index is 1140. The van der Waals surface area contributed by atoms with Crippen LogP contribution >= 0.6 is 11.6 Å². The number of terminal acetylenes is 1. The summed E-state index contributed by atoms with van der Waals surface area (Å²) in [5, 5.41) is 0.711. The molecule has 0 aliphatic carbocycles. The molecule has 0 amide bonds. The van der Waals surface area contributed by atoms with Crippen molar-refractivity contribution >= 4 is 17.4 Å². The van der Waals surface area contributed by atoms with Gasteiger partial charge < -0.3 is 4.74 Å². The molecule has 1 aromatic heterocycles. The molecule has 1 aliphatic rings. The van der Waals surface area contributed by atoms with E-state index in [1.165, 1.54) is 12.8 Å². The Balaban J connectivity index is 0.000000850. The highest BCUT2D eigenvalue weighted by Gasteiger charge is 2.16. The third-order valence-corrected chi connectivity index (χ3v) is 6.00. The van der Waals surface area contributed by atoms with E-state index in [1.54, 1.807) is 13.8 Å². The van der Waals surface area contributed by atoms with Crippen molar-refractivity contribution in [2.24, 2.45) is 0 Å². The molecule has 1 fully saturated rings. The van der Waals surface area contributed by atoms with Gasteiger partial charge in [-0.3, -0.25) is 14.7 Å². The largest absolute Gasteiger partial charge is 0.491 e. The molecule has 190 valence electrons. The second-order valence-electron chi connectivity index (χ2n) is 8.35. The zero-order valence-electron chi connectivity index (χ0n) is 22.1. The molecule has 0 bridgehead atoms. The number of hydrogen-bond donors (Lipinski definition) is 0. The second kappa shape index (κ2) is 15.1. The molecular formula is C31H37ClN2O2. The lowest BCUT2D eigenvalue weighted by Gasteiger charge is -2.18. The molecule has 2 aromatic carbocycles. The molecule has 0 N–H and O–H groups in total. The van der Waals surface area contributed by atoms with E-state index in [2.05, 4.69) is 22.2 Å². The van der Waals surface area contributed by atoms with Crippen molar-refractivity contribution in [2.75, 3.05) is 26.2 Å². The van der Waals surface area contributed by atoms with E-state index in [1.807, 2.05) is 75.5 Å². The Labute approximate surface area is 221 Å². The minimum absolute atomic E-state index is 0.00101. The Morgan fingerprint density at radius 2 is 1.67 bits per heavy atom. The Kier molecular flexibility index (Phi) is 12.2. The number of rotatable bonds is 7. The van der Waals surface area contributed by atoms with Crippen LogP contribution < -0.4 is 4.74 Å². The first kappa shape index (κ1) is 29.1. The molecule has 0 spiro atoms. The van der Waals surface area contributed by atoms with Crippen LogP contribution in [0, 0.1) is 19.3 Å². The molecule has 1 saturated heterocycles. The summed E-state index contributed by atoms with van der Waals surface area (Å²) < 4.78 is 6.07. The van der Waals surface area contributed by atoms with Crippen LogP contribution in [0.5, 0.6) is 5.75 Å². The van der Waals surface area contributed by atoms with Crippen molar-refractivity contribution in [3.05, 3.63) is 70.9 Å². The van der Waals surface area contributed by atoms with E-state index < -0.39 is 0 Å². The quantitative estimate of drug-likeness (QED) is 0.244. The molecule has 3 aromatic rings. The van der Waals surface area contributed by atoms with Gasteiger partial charge in [0.05, 0.1) is 11.3 Å². The average molecular weight is 505 g/mol. The Morgan fingerprint density at radius 3 is 2.22 bits per heavy atom. The van der Waals surface area contributed by atoms with Gasteiger partial charge in [-0.1, -0.05) is 43.6 Å². The minimum atomic E-state index is -0.00101. The summed E-state index contributed by atoms with van der Waals surface area (Å²) in [4.78, 5) is 19.4. The minimum Gasteiger partial charge on any atom is -0.491 e. The summed E-state index contributed by atoms with van der Waals surface area (Å²) in [6, 6.07) is 15.7. The molecule has 5 heteroatoms. The maximum Gasteiger partial charge on any atom is 0.163 e. The molecule has 4 rings (SSSR count). The van der Waals surface area contributed by atoms with Crippen molar-refractivity contribution in [3.63, 3.8) is 0 Å². The second-order valence-corrected chi connectivity index (χ2v) is 8.79. The smallest absolute Gasteiger partial charge is 0.163 e. The SMILES string of the molecule is C#CC.CC.CC(=O)c1cc(-c2ccc(-c3ccc(Cl)cc3)cn2)cc(C)c1OCCN1CCCC1. The zero-order chi connectivity index (χ0) is 26.5. The van der Waals surface area contributed by atoms with Crippen LogP contribution in [0.2, 0.25) is 5.02 Å². The van der Waals surface area contributed by atoms with Crippen LogP contribution in [0.1, 0.15) is 56.5 Å². The van der Waals surface area contributed by atoms with Crippen LogP contribution in [0.25, 0.3) is 22.4 Å². The van der Waals surface area contributed by atoms with Crippen LogP contribution in [-0.2, 0) is 0 Å². The number of likely N-dealkylation sites (tertiary alicyclic amines) is 1. The van der Waals surface area contributed by atoms with Gasteiger partial charge >= 0.3 is 0 Å². The van der Waals surface area contributed by atoms with Crippen molar-refractivity contribution < 1.29 is 9.53 Å². The fraction of sp³-hybridized carbons (Fsp3) is 0.355. The summed E-state index contributed by atoms with van der Waals surface area (Å²) in [7, 11) is 0. The van der Waals surface area contributed by atoms with Gasteiger partial charge in [0.2, 0.25) is 0 Å². The van der Waals surface area contributed by atoms with E-state index in [-0.39, 0.29) is 5.78 Å². The number of aryl methyl sites for hydroxylation is 1. The summed E-state index contributed by atoms with van der Waals surface area (Å²) in [6.45, 7) is 13.0. The third kappa shape index (κ3) is 8.22. The number of aromatic nitrogens is 1. The predicted octanol–water partition coefficient (Wildman–Crippen LogP) is 7.72. The van der Waals surface area contributed by atoms with Gasteiger partial charge in [-0.05, 0) is 88.2 Å². The normalized spacial score (nSPS) is 12.5. The van der Waals surface area contributed by atoms with E-state index >= 15 is 0 Å². The highest BCUT2D eigenvalue weighted by molar-refractivity contribution is 6.30. The van der Waals surface area contributed by atoms with Crippen LogP contribution in [0.15, 0.2) is 54.7 Å². The maximum atomic E-state index is 12.4. The van der Waals surface area contributed by atoms with Gasteiger partial charge in [-0.15, -0.1) is 12.3 Å². The van der Waals surface area contributed by atoms with E-state index in [0.29, 0.717) is 22.9 Å². The molecule has 1 aliphatic heterocycles. The molecule has 0 atom stereocenters. The average Bonchev–Trinajstić information content (AvgIpc) is 3.40. The maximum absolute atomic E-state index is 12.4. The fourth-order valence-corrected chi connectivity index (χ4v) is 4.16. The number of halogens is 1. The fourth-order valence-electron chi connectivity index (χ4n) is 4.04. The van der Waals surface area contributed by atoms with E-state index in [4.69, 9.17) is 16.3 Å². The summed E-state index contributed by atoms with van der Waals surface area (Å²) >= 11 is 5.98. The molecule has 0 unspecified atom stereocenters. The number of Topliss-reactive ketones (excluding diaryl/α,β-unsaturated/α-hetero) is 1. The Morgan fingerprint density at radius 1 is 1.06 bits per heavy atom. The van der Waals surface area contributed by atoms with Gasteiger partial charge in [-0.2, -0.15) is 0 Å². The molecular weight excluding hydrogens is 468 g/mol. The van der Waals surface area contributed by atoms with Crippen LogP contribution in [0.4, 0.5) is 0 Å². The van der Waals surface area contributed by atoms with E-state index in [9.17, 15) is 4.79 Å². The summed E-state index contributed by atoms with van der Waals surface area (Å²) in [5.74, 6) is 2.94. The van der Waals surface area contributed by atoms with Crippen molar-refractivity contribution in [1.29, 1.82) is 0 Å². The van der Waals surface area contributed by atoms with Crippen LogP contribution in [-0.4, -0.2) is 41.9 Å². The number of carbonyl (C=O) groups excluding carboxylic acids is 1. The van der Waals surface area contributed by atoms with Gasteiger partial charge in [0, 0.05) is 28.9 Å². The first-order valence-corrected chi connectivity index (χ1v) is 12.9. The lowest BCUT2D eigenvalue weighted by molar-refractivity contribution is 0.101. The lowest BCUT2D eigenvalue weighted by atomic mass is 9.99. The third-order valence-electron chi connectivity index (χ3n) is 5.74. The molecule has 4 nitrogen and oxygen atoms in total. The standard InChI is InChI=1S/C26H27ClN2O2.C3H4.C2H6/c1-18-15-22(25-10-7-21(17-28-25)20-5-8-23(27)9-6-20)16-24(19(2)30)26(18)31-14-13-29-11-3-4-12-29;1-3-2;1-2/h5-10,15-17H,3-4,11-14H2,1-2H3;1H,2H3;1-2H3. The van der Waals surface area contributed by atoms with Gasteiger partial charge in [0.25, 0.3) is 0 Å². The zero-order valence-corrected chi connectivity index (χ0v) is 22.9. The number of benzene rings is 2. The summed E-state index contributed by atoms with van der Waals surface area (Å²) in [6.07, 6.45) is 8.97. The molecule has 2 heterocycles. The highest BCUT2D eigenvalue weighted by Crippen LogP contribution is 2.31. The number of ketones is 1. The van der Waals surface area contributed by atoms with Gasteiger partial charge in [0.15, 0.2) is 5.78 Å². The van der Waals surface area contributed by atoms with Gasteiger partial charge in [-0.25, -0.2) is 0 Å². The highest BCUT2D eigenvalue weighted by atomic mass is 35.5. The van der Waals surface area contributed by atoms with Crippen molar-refractivity contribution in [2.45, 2.75) is 47.5 Å². The topological polar surface area (TPSA) is 42.4 Å². The molecule has 0 radical (unpaired) electrons. The van der Waals surface area contributed by atoms with E-state index in [0.717, 1.165) is 47.6 Å². The number of carbonyl (C=O) groups is 1. The number of pyridine rings is 1. The number of ether oxygens (including phenoxy) is 1. The van der Waals surface area contributed by atoms with Gasteiger partial charge in [0.1, 0.15) is 12.4 Å². The Hall–Kier alpha value is -3.13. The van der Waals surface area contributed by atoms with Crippen LogP contribution in [0.3, 0.4) is 0 Å². The first-order chi connectivity index (χ1) is 17.4. The number of nitrogens with zero attached hydrogens (tertiary/aromatic N) is 2.